The van der Waals surface area contributed by atoms with Crippen LogP contribution in [0.2, 0.25) is 0 Å². The van der Waals surface area contributed by atoms with Gasteiger partial charge in [-0.2, -0.15) is 0 Å². The standard InChI is InChI=1S/C25H21BrN2O/c26-18-12-13-25-22(14-18)21-9-3-4-11-24(21)28(25)16-19(29)15-27-23-10-5-7-17-6-1-2-8-20(17)23/h1-14,19,27,29H,15-16H2. The quantitative estimate of drug-likeness (QED) is 0.339. The van der Waals surface area contributed by atoms with Crippen molar-refractivity contribution in [3.63, 3.8) is 0 Å². The van der Waals surface area contributed by atoms with Crippen molar-refractivity contribution in [1.82, 2.24) is 4.57 Å². The number of aromatic nitrogens is 1. The zero-order valence-corrected chi connectivity index (χ0v) is 17.4. The summed E-state index contributed by atoms with van der Waals surface area (Å²) in [5.74, 6) is 0. The molecule has 1 heterocycles. The van der Waals surface area contributed by atoms with E-state index in [2.05, 4.69) is 86.5 Å². The summed E-state index contributed by atoms with van der Waals surface area (Å²) in [4.78, 5) is 0. The summed E-state index contributed by atoms with van der Waals surface area (Å²) in [6, 6.07) is 29.2. The molecule has 29 heavy (non-hydrogen) atoms. The summed E-state index contributed by atoms with van der Waals surface area (Å²) >= 11 is 3.58. The van der Waals surface area contributed by atoms with Crippen LogP contribution in [0.3, 0.4) is 0 Å². The highest BCUT2D eigenvalue weighted by Gasteiger charge is 2.14. The highest BCUT2D eigenvalue weighted by molar-refractivity contribution is 9.10. The van der Waals surface area contributed by atoms with E-state index >= 15 is 0 Å². The van der Waals surface area contributed by atoms with E-state index in [-0.39, 0.29) is 0 Å². The molecule has 3 nitrogen and oxygen atoms in total. The molecule has 4 aromatic carbocycles. The van der Waals surface area contributed by atoms with Crippen LogP contribution in [0, 0.1) is 0 Å². The van der Waals surface area contributed by atoms with Gasteiger partial charge in [-0.3, -0.25) is 0 Å². The maximum atomic E-state index is 10.8. The van der Waals surface area contributed by atoms with Crippen LogP contribution < -0.4 is 5.32 Å². The molecule has 0 aliphatic heterocycles. The fourth-order valence-electron chi connectivity index (χ4n) is 4.11. The molecular formula is C25H21BrN2O. The van der Waals surface area contributed by atoms with E-state index in [1.807, 2.05) is 24.3 Å². The maximum Gasteiger partial charge on any atom is 0.0891 e. The molecule has 0 spiro atoms. The van der Waals surface area contributed by atoms with Gasteiger partial charge in [0.05, 0.1) is 12.6 Å². The molecule has 0 amide bonds. The highest BCUT2D eigenvalue weighted by Crippen LogP contribution is 2.31. The summed E-state index contributed by atoms with van der Waals surface area (Å²) in [6.45, 7) is 1.02. The Bertz CT molecular complexity index is 1320. The predicted octanol–water partition coefficient (Wildman–Crippen LogP) is 6.18. The fraction of sp³-hybridized carbons (Fsp3) is 0.120. The van der Waals surface area contributed by atoms with Gasteiger partial charge in [0.2, 0.25) is 0 Å². The first-order chi connectivity index (χ1) is 14.2. The number of benzene rings is 4. The van der Waals surface area contributed by atoms with Crippen LogP contribution in [0.1, 0.15) is 0 Å². The van der Waals surface area contributed by atoms with E-state index in [0.29, 0.717) is 13.1 Å². The molecule has 0 fully saturated rings. The normalized spacial score (nSPS) is 12.6. The van der Waals surface area contributed by atoms with Gasteiger partial charge in [-0.25, -0.2) is 0 Å². The molecule has 2 N–H and O–H groups in total. The molecule has 0 saturated carbocycles. The van der Waals surface area contributed by atoms with E-state index in [9.17, 15) is 5.11 Å². The molecule has 1 atom stereocenters. The smallest absolute Gasteiger partial charge is 0.0891 e. The Balaban J connectivity index is 1.43. The lowest BCUT2D eigenvalue weighted by Crippen LogP contribution is -2.24. The fourth-order valence-corrected chi connectivity index (χ4v) is 4.47. The van der Waals surface area contributed by atoms with Crippen molar-refractivity contribution in [2.45, 2.75) is 12.6 Å². The zero-order valence-electron chi connectivity index (χ0n) is 15.8. The Morgan fingerprint density at radius 3 is 2.41 bits per heavy atom. The average Bonchev–Trinajstić information content (AvgIpc) is 3.05. The van der Waals surface area contributed by atoms with Crippen LogP contribution in [-0.4, -0.2) is 22.3 Å². The number of hydrogen-bond acceptors (Lipinski definition) is 2. The molecule has 1 aromatic heterocycles. The van der Waals surface area contributed by atoms with Gasteiger partial charge in [-0.05, 0) is 35.7 Å². The molecule has 0 radical (unpaired) electrons. The van der Waals surface area contributed by atoms with Crippen LogP contribution in [0.4, 0.5) is 5.69 Å². The van der Waals surface area contributed by atoms with Crippen molar-refractivity contribution >= 4 is 54.2 Å². The number of nitrogens with one attached hydrogen (secondary N) is 1. The Morgan fingerprint density at radius 1 is 0.793 bits per heavy atom. The highest BCUT2D eigenvalue weighted by atomic mass is 79.9. The zero-order chi connectivity index (χ0) is 19.8. The number of fused-ring (bicyclic) bond motifs is 4. The van der Waals surface area contributed by atoms with Crippen LogP contribution in [0.15, 0.2) is 89.4 Å². The number of rotatable bonds is 5. The van der Waals surface area contributed by atoms with E-state index in [1.165, 1.54) is 21.5 Å². The number of aliphatic hydroxyl groups is 1. The molecule has 144 valence electrons. The van der Waals surface area contributed by atoms with Crippen molar-refractivity contribution < 1.29 is 5.11 Å². The van der Waals surface area contributed by atoms with Crippen molar-refractivity contribution in [3.8, 4) is 0 Å². The third kappa shape index (κ3) is 3.39. The van der Waals surface area contributed by atoms with Crippen molar-refractivity contribution in [2.75, 3.05) is 11.9 Å². The first kappa shape index (κ1) is 18.2. The molecule has 1 unspecified atom stereocenters. The van der Waals surface area contributed by atoms with Crippen molar-refractivity contribution in [3.05, 3.63) is 89.4 Å². The van der Waals surface area contributed by atoms with Crippen molar-refractivity contribution in [2.24, 2.45) is 0 Å². The lowest BCUT2D eigenvalue weighted by atomic mass is 10.1. The van der Waals surface area contributed by atoms with Gasteiger partial charge in [-0.15, -0.1) is 0 Å². The molecule has 0 saturated heterocycles. The number of aliphatic hydroxyl groups excluding tert-OH is 1. The van der Waals surface area contributed by atoms with Crippen LogP contribution >= 0.6 is 15.9 Å². The second-order valence-corrected chi connectivity index (χ2v) is 8.27. The third-order valence-corrected chi connectivity index (χ3v) is 5.94. The maximum absolute atomic E-state index is 10.8. The Labute approximate surface area is 177 Å². The topological polar surface area (TPSA) is 37.2 Å². The monoisotopic (exact) mass is 444 g/mol. The van der Waals surface area contributed by atoms with Gasteiger partial charge in [0.15, 0.2) is 0 Å². The van der Waals surface area contributed by atoms with Gasteiger partial charge in [-0.1, -0.05) is 70.5 Å². The Hall–Kier alpha value is -2.82. The first-order valence-corrected chi connectivity index (χ1v) is 10.6. The van der Waals surface area contributed by atoms with Gasteiger partial charge in [0.1, 0.15) is 0 Å². The minimum atomic E-state index is -0.517. The number of halogens is 1. The SMILES string of the molecule is OC(CNc1cccc2ccccc12)Cn1c2ccccc2c2cc(Br)ccc21. The predicted molar refractivity (Wildman–Crippen MR) is 126 cm³/mol. The Kier molecular flexibility index (Phi) is 4.74. The average molecular weight is 445 g/mol. The number of anilines is 1. The Morgan fingerprint density at radius 2 is 1.52 bits per heavy atom. The van der Waals surface area contributed by atoms with Crippen LogP contribution in [0.5, 0.6) is 0 Å². The number of para-hydroxylation sites is 1. The lowest BCUT2D eigenvalue weighted by molar-refractivity contribution is 0.169. The number of hydrogen-bond donors (Lipinski definition) is 2. The molecule has 0 aliphatic rings. The molecule has 5 rings (SSSR count). The second kappa shape index (κ2) is 7.54. The minimum absolute atomic E-state index is 0.485. The van der Waals surface area contributed by atoms with Crippen LogP contribution in [0.25, 0.3) is 32.6 Å². The first-order valence-electron chi connectivity index (χ1n) is 9.77. The van der Waals surface area contributed by atoms with E-state index in [1.54, 1.807) is 0 Å². The van der Waals surface area contributed by atoms with Gasteiger partial charge < -0.3 is 15.0 Å². The van der Waals surface area contributed by atoms with Gasteiger partial charge in [0.25, 0.3) is 0 Å². The summed E-state index contributed by atoms with van der Waals surface area (Å²) in [5, 5.41) is 19.0. The molecule has 5 aromatic rings. The van der Waals surface area contributed by atoms with E-state index in [0.717, 1.165) is 21.2 Å². The summed E-state index contributed by atoms with van der Waals surface area (Å²) in [5.41, 5.74) is 3.33. The van der Waals surface area contributed by atoms with E-state index in [4.69, 9.17) is 0 Å². The molecular weight excluding hydrogens is 424 g/mol. The van der Waals surface area contributed by atoms with E-state index < -0.39 is 6.10 Å². The third-order valence-electron chi connectivity index (χ3n) is 5.45. The molecule has 0 bridgehead atoms. The summed E-state index contributed by atoms with van der Waals surface area (Å²) in [7, 11) is 0. The molecule has 0 aliphatic carbocycles. The summed E-state index contributed by atoms with van der Waals surface area (Å²) in [6.07, 6.45) is -0.517. The largest absolute Gasteiger partial charge is 0.389 e. The molecule has 4 heteroatoms. The van der Waals surface area contributed by atoms with Gasteiger partial charge >= 0.3 is 0 Å². The lowest BCUT2D eigenvalue weighted by Gasteiger charge is -2.16. The van der Waals surface area contributed by atoms with Gasteiger partial charge in [0, 0.05) is 43.9 Å². The van der Waals surface area contributed by atoms with Crippen molar-refractivity contribution in [1.29, 1.82) is 0 Å². The summed E-state index contributed by atoms with van der Waals surface area (Å²) < 4.78 is 3.28. The van der Waals surface area contributed by atoms with Crippen LogP contribution in [-0.2, 0) is 6.54 Å². The number of nitrogens with zero attached hydrogens (tertiary/aromatic N) is 1. The minimum Gasteiger partial charge on any atom is -0.389 e. The second-order valence-electron chi connectivity index (χ2n) is 7.35.